The standard InChI is InChI=1S/C15H19F2N3O/c1-2-9-20-13(7-8-19-20)11-18-10-12-3-5-14(6-4-12)21-15(16)17/h3-8,15,18H,2,9-11H2,1H3. The van der Waals surface area contributed by atoms with E-state index >= 15 is 0 Å². The molecule has 0 aliphatic heterocycles. The third-order valence-electron chi connectivity index (χ3n) is 3.02. The second-order valence-corrected chi connectivity index (χ2v) is 4.67. The van der Waals surface area contributed by atoms with Gasteiger partial charge in [-0.25, -0.2) is 0 Å². The van der Waals surface area contributed by atoms with Crippen LogP contribution in [0.3, 0.4) is 0 Å². The van der Waals surface area contributed by atoms with Crippen molar-refractivity contribution >= 4 is 0 Å². The van der Waals surface area contributed by atoms with Crippen molar-refractivity contribution in [3.05, 3.63) is 47.8 Å². The van der Waals surface area contributed by atoms with Gasteiger partial charge in [0.25, 0.3) is 0 Å². The molecular weight excluding hydrogens is 276 g/mol. The Labute approximate surface area is 122 Å². The van der Waals surface area contributed by atoms with E-state index in [9.17, 15) is 8.78 Å². The zero-order valence-corrected chi connectivity index (χ0v) is 11.9. The van der Waals surface area contributed by atoms with Crippen molar-refractivity contribution in [3.63, 3.8) is 0 Å². The molecule has 2 rings (SSSR count). The molecular formula is C15H19F2N3O. The van der Waals surface area contributed by atoms with E-state index in [4.69, 9.17) is 0 Å². The number of rotatable bonds is 8. The highest BCUT2D eigenvalue weighted by atomic mass is 19.3. The Kier molecular flexibility index (Phi) is 5.68. The van der Waals surface area contributed by atoms with Crippen LogP contribution in [0.5, 0.6) is 5.75 Å². The van der Waals surface area contributed by atoms with E-state index in [1.165, 1.54) is 0 Å². The first-order chi connectivity index (χ1) is 10.2. The Hall–Kier alpha value is -1.95. The molecule has 0 radical (unpaired) electrons. The third kappa shape index (κ3) is 4.82. The van der Waals surface area contributed by atoms with E-state index in [2.05, 4.69) is 22.1 Å². The van der Waals surface area contributed by atoms with Crippen LogP contribution in [0, 0.1) is 0 Å². The molecule has 0 unspecified atom stereocenters. The number of aromatic nitrogens is 2. The molecule has 1 aromatic heterocycles. The monoisotopic (exact) mass is 295 g/mol. The summed E-state index contributed by atoms with van der Waals surface area (Å²) in [6.07, 6.45) is 2.84. The van der Waals surface area contributed by atoms with Gasteiger partial charge in [-0.3, -0.25) is 4.68 Å². The molecule has 0 aliphatic carbocycles. The lowest BCUT2D eigenvalue weighted by Crippen LogP contribution is -2.16. The van der Waals surface area contributed by atoms with Crippen LogP contribution in [0.1, 0.15) is 24.6 Å². The number of hydrogen-bond donors (Lipinski definition) is 1. The first-order valence-electron chi connectivity index (χ1n) is 6.94. The second-order valence-electron chi connectivity index (χ2n) is 4.67. The number of ether oxygens (including phenoxy) is 1. The minimum Gasteiger partial charge on any atom is -0.435 e. The van der Waals surface area contributed by atoms with Crippen molar-refractivity contribution in [2.45, 2.75) is 39.6 Å². The fourth-order valence-corrected chi connectivity index (χ4v) is 2.05. The maximum absolute atomic E-state index is 12.0. The SMILES string of the molecule is CCCn1nccc1CNCc1ccc(OC(F)F)cc1. The molecule has 6 heteroatoms. The van der Waals surface area contributed by atoms with Crippen LogP contribution in [0.4, 0.5) is 8.78 Å². The molecule has 0 amide bonds. The predicted octanol–water partition coefficient (Wildman–Crippen LogP) is 3.18. The molecule has 21 heavy (non-hydrogen) atoms. The first-order valence-corrected chi connectivity index (χ1v) is 6.94. The number of nitrogens with zero attached hydrogens (tertiary/aromatic N) is 2. The van der Waals surface area contributed by atoms with Gasteiger partial charge in [0.2, 0.25) is 0 Å². The van der Waals surface area contributed by atoms with Crippen molar-refractivity contribution in [2.75, 3.05) is 0 Å². The van der Waals surface area contributed by atoms with Gasteiger partial charge in [0.1, 0.15) is 5.75 Å². The molecule has 1 heterocycles. The molecule has 0 aliphatic rings. The van der Waals surface area contributed by atoms with E-state index in [0.29, 0.717) is 6.54 Å². The molecule has 0 atom stereocenters. The molecule has 0 saturated carbocycles. The molecule has 0 saturated heterocycles. The Morgan fingerprint density at radius 2 is 1.95 bits per heavy atom. The molecule has 114 valence electrons. The molecule has 0 spiro atoms. The normalized spacial score (nSPS) is 11.0. The van der Waals surface area contributed by atoms with Crippen molar-refractivity contribution in [2.24, 2.45) is 0 Å². The fraction of sp³-hybridized carbons (Fsp3) is 0.400. The topological polar surface area (TPSA) is 39.1 Å². The second kappa shape index (κ2) is 7.73. The number of hydrogen-bond acceptors (Lipinski definition) is 3. The minimum absolute atomic E-state index is 0.176. The van der Waals surface area contributed by atoms with Crippen LogP contribution in [0.25, 0.3) is 0 Å². The minimum atomic E-state index is -2.78. The predicted molar refractivity (Wildman–Crippen MR) is 76.1 cm³/mol. The number of aryl methyl sites for hydroxylation is 1. The van der Waals surface area contributed by atoms with Gasteiger partial charge in [0, 0.05) is 25.8 Å². The number of halogens is 2. The Morgan fingerprint density at radius 3 is 2.62 bits per heavy atom. The summed E-state index contributed by atoms with van der Waals surface area (Å²) in [7, 11) is 0. The first kappa shape index (κ1) is 15.4. The van der Waals surface area contributed by atoms with Gasteiger partial charge < -0.3 is 10.1 Å². The van der Waals surface area contributed by atoms with Crippen molar-refractivity contribution in [3.8, 4) is 5.75 Å². The smallest absolute Gasteiger partial charge is 0.387 e. The van der Waals surface area contributed by atoms with Gasteiger partial charge >= 0.3 is 6.61 Å². The van der Waals surface area contributed by atoms with E-state index in [1.807, 2.05) is 10.7 Å². The van der Waals surface area contributed by atoms with Gasteiger partial charge in [-0.2, -0.15) is 13.9 Å². The van der Waals surface area contributed by atoms with Crippen molar-refractivity contribution in [1.29, 1.82) is 0 Å². The highest BCUT2D eigenvalue weighted by Gasteiger charge is 2.04. The summed E-state index contributed by atoms with van der Waals surface area (Å²) < 4.78 is 30.4. The van der Waals surface area contributed by atoms with Crippen LogP contribution < -0.4 is 10.1 Å². The fourth-order valence-electron chi connectivity index (χ4n) is 2.05. The Balaban J connectivity index is 1.81. The Bertz CT molecular complexity index is 540. The third-order valence-corrected chi connectivity index (χ3v) is 3.02. The maximum Gasteiger partial charge on any atom is 0.387 e. The zero-order chi connectivity index (χ0) is 15.1. The number of nitrogens with one attached hydrogen (secondary N) is 1. The summed E-state index contributed by atoms with van der Waals surface area (Å²) in [6, 6.07) is 8.62. The largest absolute Gasteiger partial charge is 0.435 e. The molecule has 1 aromatic carbocycles. The van der Waals surface area contributed by atoms with Crippen LogP contribution in [0.2, 0.25) is 0 Å². The van der Waals surface area contributed by atoms with E-state index in [-0.39, 0.29) is 5.75 Å². The molecule has 2 aromatic rings. The Morgan fingerprint density at radius 1 is 1.19 bits per heavy atom. The van der Waals surface area contributed by atoms with E-state index in [0.717, 1.165) is 30.8 Å². The van der Waals surface area contributed by atoms with E-state index < -0.39 is 6.61 Å². The van der Waals surface area contributed by atoms with Crippen molar-refractivity contribution < 1.29 is 13.5 Å². The van der Waals surface area contributed by atoms with Crippen LogP contribution in [-0.4, -0.2) is 16.4 Å². The van der Waals surface area contributed by atoms with Gasteiger partial charge in [-0.05, 0) is 30.2 Å². The van der Waals surface area contributed by atoms with Crippen molar-refractivity contribution in [1.82, 2.24) is 15.1 Å². The quantitative estimate of drug-likeness (QED) is 0.813. The summed E-state index contributed by atoms with van der Waals surface area (Å²) in [6.45, 7) is 1.61. The lowest BCUT2D eigenvalue weighted by Gasteiger charge is -2.09. The van der Waals surface area contributed by atoms with E-state index in [1.54, 1.807) is 30.5 Å². The summed E-state index contributed by atoms with van der Waals surface area (Å²) in [4.78, 5) is 0. The summed E-state index contributed by atoms with van der Waals surface area (Å²) >= 11 is 0. The summed E-state index contributed by atoms with van der Waals surface area (Å²) in [5.74, 6) is 0.176. The highest BCUT2D eigenvalue weighted by molar-refractivity contribution is 5.27. The number of benzene rings is 1. The molecule has 0 fully saturated rings. The van der Waals surface area contributed by atoms with Crippen LogP contribution in [-0.2, 0) is 19.6 Å². The van der Waals surface area contributed by atoms with Crippen LogP contribution >= 0.6 is 0 Å². The molecule has 0 bridgehead atoms. The molecule has 4 nitrogen and oxygen atoms in total. The average molecular weight is 295 g/mol. The van der Waals surface area contributed by atoms with Gasteiger partial charge in [-0.15, -0.1) is 0 Å². The van der Waals surface area contributed by atoms with Gasteiger partial charge in [0.05, 0.1) is 5.69 Å². The summed E-state index contributed by atoms with van der Waals surface area (Å²) in [5, 5.41) is 7.57. The van der Waals surface area contributed by atoms with Gasteiger partial charge in [-0.1, -0.05) is 19.1 Å². The maximum atomic E-state index is 12.0. The number of alkyl halides is 2. The summed E-state index contributed by atoms with van der Waals surface area (Å²) in [5.41, 5.74) is 2.15. The average Bonchev–Trinajstić information content (AvgIpc) is 2.88. The lowest BCUT2D eigenvalue weighted by molar-refractivity contribution is -0.0498. The highest BCUT2D eigenvalue weighted by Crippen LogP contribution is 2.14. The molecule has 1 N–H and O–H groups in total. The lowest BCUT2D eigenvalue weighted by atomic mass is 10.2. The zero-order valence-electron chi connectivity index (χ0n) is 11.9. The van der Waals surface area contributed by atoms with Gasteiger partial charge in [0.15, 0.2) is 0 Å². The van der Waals surface area contributed by atoms with Crippen LogP contribution in [0.15, 0.2) is 36.5 Å².